The van der Waals surface area contributed by atoms with Crippen molar-refractivity contribution in [2.75, 3.05) is 46.6 Å². The first kappa shape index (κ1) is 32.0. The Kier molecular flexibility index (Phi) is 11.7. The van der Waals surface area contributed by atoms with Crippen LogP contribution in [0, 0.1) is 0 Å². The van der Waals surface area contributed by atoms with Crippen molar-refractivity contribution in [3.05, 3.63) is 101 Å². The van der Waals surface area contributed by atoms with E-state index in [2.05, 4.69) is 17.4 Å². The lowest BCUT2D eigenvalue weighted by Crippen LogP contribution is -2.51. The maximum Gasteiger partial charge on any atom is 0.137 e. The fourth-order valence-electron chi connectivity index (χ4n) is 5.47. The van der Waals surface area contributed by atoms with E-state index in [9.17, 15) is 10.2 Å². The van der Waals surface area contributed by atoms with Crippen LogP contribution in [0.15, 0.2) is 84.9 Å². The normalized spacial score (nSPS) is 19.0. The Balaban J connectivity index is 1.24. The van der Waals surface area contributed by atoms with Crippen molar-refractivity contribution >= 4 is 22.4 Å². The number of halogens is 1. The number of ether oxygens (including phenoxy) is 5. The van der Waals surface area contributed by atoms with E-state index < -0.39 is 6.10 Å². The summed E-state index contributed by atoms with van der Waals surface area (Å²) in [6.07, 6.45) is -0.708. The Bertz CT molecular complexity index is 1470. The molecule has 2 unspecified atom stereocenters. The molecule has 0 radical (unpaired) electrons. The molecule has 1 aliphatic rings. The van der Waals surface area contributed by atoms with Gasteiger partial charge in [0, 0.05) is 30.8 Å². The topological polar surface area (TPSA) is 98.6 Å². The van der Waals surface area contributed by atoms with Gasteiger partial charge in [0.15, 0.2) is 0 Å². The number of benzene rings is 4. The molecule has 0 bridgehead atoms. The lowest BCUT2D eigenvalue weighted by molar-refractivity contribution is -0.0833. The molecule has 0 saturated carbocycles. The highest BCUT2D eigenvalue weighted by Crippen LogP contribution is 2.33. The van der Waals surface area contributed by atoms with E-state index in [1.54, 1.807) is 13.2 Å². The van der Waals surface area contributed by atoms with Gasteiger partial charge in [-0.3, -0.25) is 0 Å². The van der Waals surface area contributed by atoms with Crippen molar-refractivity contribution in [2.45, 2.75) is 37.3 Å². The third-order valence-corrected chi connectivity index (χ3v) is 8.00. The third-order valence-electron chi connectivity index (χ3n) is 7.69. The maximum atomic E-state index is 9.96. The quantitative estimate of drug-likeness (QED) is 0.153. The molecule has 1 aliphatic heterocycles. The molecule has 1 heterocycles. The fraction of sp³-hybridized carbons (Fsp3) is 0.371. The highest BCUT2D eigenvalue weighted by atomic mass is 35.5. The second kappa shape index (κ2) is 16.1. The average molecular weight is 622 g/mol. The molecule has 44 heavy (non-hydrogen) atoms. The number of methoxy groups -OCH3 is 1. The van der Waals surface area contributed by atoms with Gasteiger partial charge >= 0.3 is 0 Å². The lowest BCUT2D eigenvalue weighted by atomic mass is 9.85. The molecule has 3 N–H and O–H groups in total. The molecule has 0 amide bonds. The third kappa shape index (κ3) is 8.41. The summed E-state index contributed by atoms with van der Waals surface area (Å²) in [6, 6.07) is 27.7. The van der Waals surface area contributed by atoms with Crippen molar-refractivity contribution in [1.29, 1.82) is 0 Å². The van der Waals surface area contributed by atoms with Gasteiger partial charge in [0.25, 0.3) is 0 Å². The molecular formula is C35H40ClNO7. The molecule has 1 fully saturated rings. The first-order valence-corrected chi connectivity index (χ1v) is 15.3. The molecular weight excluding hydrogens is 582 g/mol. The van der Waals surface area contributed by atoms with Gasteiger partial charge in [-0.15, -0.1) is 0 Å². The number of nitrogens with one attached hydrogen (secondary N) is 1. The van der Waals surface area contributed by atoms with Gasteiger partial charge in [-0.1, -0.05) is 60.1 Å². The maximum absolute atomic E-state index is 9.96. The van der Waals surface area contributed by atoms with Gasteiger partial charge in [0.2, 0.25) is 0 Å². The lowest BCUT2D eigenvalue weighted by Gasteiger charge is -2.39. The van der Waals surface area contributed by atoms with Gasteiger partial charge in [0.1, 0.15) is 23.4 Å². The molecule has 5 rings (SSSR count). The number of piperidine rings is 1. The Morgan fingerprint density at radius 2 is 1.59 bits per heavy atom. The summed E-state index contributed by atoms with van der Waals surface area (Å²) < 4.78 is 30.0. The second-order valence-corrected chi connectivity index (χ2v) is 11.2. The van der Waals surface area contributed by atoms with Gasteiger partial charge in [-0.2, -0.15) is 0 Å². The SMILES string of the molecule is COc1cc(CO[C@H]2CNC[C@H](OCC(O)CO)C2c2ccc(OCCCOc3ccccc3Cl)cc2)cc2ccccc12. The van der Waals surface area contributed by atoms with E-state index in [0.29, 0.717) is 50.1 Å². The summed E-state index contributed by atoms with van der Waals surface area (Å²) in [7, 11) is 1.68. The molecule has 0 spiro atoms. The predicted molar refractivity (Wildman–Crippen MR) is 171 cm³/mol. The van der Waals surface area contributed by atoms with E-state index in [-0.39, 0.29) is 31.3 Å². The number of para-hydroxylation sites is 1. The van der Waals surface area contributed by atoms with Crippen molar-refractivity contribution in [3.8, 4) is 17.2 Å². The van der Waals surface area contributed by atoms with Gasteiger partial charge < -0.3 is 39.2 Å². The first-order valence-electron chi connectivity index (χ1n) is 14.9. The number of aliphatic hydroxyl groups excluding tert-OH is 2. The molecule has 1 saturated heterocycles. The van der Waals surface area contributed by atoms with Crippen LogP contribution in [0.3, 0.4) is 0 Å². The number of aliphatic hydroxyl groups is 2. The summed E-state index contributed by atoms with van der Waals surface area (Å²) >= 11 is 6.15. The summed E-state index contributed by atoms with van der Waals surface area (Å²) in [4.78, 5) is 0. The fourth-order valence-corrected chi connectivity index (χ4v) is 5.66. The Hall–Kier alpha value is -3.37. The van der Waals surface area contributed by atoms with Crippen LogP contribution in [0.5, 0.6) is 17.2 Å². The Morgan fingerprint density at radius 3 is 2.36 bits per heavy atom. The zero-order valence-electron chi connectivity index (χ0n) is 24.9. The first-order chi connectivity index (χ1) is 21.6. The highest BCUT2D eigenvalue weighted by Gasteiger charge is 2.36. The standard InChI is InChI=1S/C35H40ClNO7/c1-40-32-18-24(17-26-7-2-3-8-29(26)32)22-43-33-19-37-20-34(44-23-27(39)21-38)35(33)25-11-13-28(14-12-25)41-15-6-16-42-31-10-5-4-9-30(31)36/h2-5,7-14,17-18,27,33-35,37-39H,6,15-16,19-23H2,1H3/t27?,33-,34-,35?/m0/s1. The Morgan fingerprint density at radius 1 is 0.864 bits per heavy atom. The van der Waals surface area contributed by atoms with Crippen LogP contribution in [-0.4, -0.2) is 75.2 Å². The highest BCUT2D eigenvalue weighted by molar-refractivity contribution is 6.32. The van der Waals surface area contributed by atoms with Crippen molar-refractivity contribution < 1.29 is 33.9 Å². The zero-order chi connectivity index (χ0) is 30.7. The number of fused-ring (bicyclic) bond motifs is 1. The second-order valence-electron chi connectivity index (χ2n) is 10.8. The van der Waals surface area contributed by atoms with Crippen molar-refractivity contribution in [1.82, 2.24) is 5.32 Å². The van der Waals surface area contributed by atoms with Crippen LogP contribution in [0.25, 0.3) is 10.8 Å². The average Bonchev–Trinajstić information content (AvgIpc) is 3.06. The smallest absolute Gasteiger partial charge is 0.137 e. The zero-order valence-corrected chi connectivity index (χ0v) is 25.6. The van der Waals surface area contributed by atoms with Gasteiger partial charge in [-0.25, -0.2) is 0 Å². The van der Waals surface area contributed by atoms with Crippen LogP contribution in [0.2, 0.25) is 5.02 Å². The largest absolute Gasteiger partial charge is 0.496 e. The summed E-state index contributed by atoms with van der Waals surface area (Å²) in [5.41, 5.74) is 2.06. The van der Waals surface area contributed by atoms with E-state index in [4.69, 9.17) is 35.3 Å². The molecule has 0 aromatic heterocycles. The predicted octanol–water partition coefficient (Wildman–Crippen LogP) is 5.36. The number of hydrogen-bond donors (Lipinski definition) is 3. The monoisotopic (exact) mass is 621 g/mol. The minimum absolute atomic E-state index is 0.0331. The molecule has 4 atom stereocenters. The van der Waals surface area contributed by atoms with Gasteiger partial charge in [-0.05, 0) is 52.9 Å². The summed E-state index contributed by atoms with van der Waals surface area (Å²) in [5, 5.41) is 25.4. The Labute approximate surface area is 263 Å². The number of rotatable bonds is 15. The van der Waals surface area contributed by atoms with E-state index in [0.717, 1.165) is 33.4 Å². The summed E-state index contributed by atoms with van der Waals surface area (Å²) in [6.45, 7) is 2.31. The molecule has 4 aromatic rings. The molecule has 9 heteroatoms. The molecule has 0 aliphatic carbocycles. The van der Waals surface area contributed by atoms with Crippen LogP contribution in [-0.2, 0) is 16.1 Å². The van der Waals surface area contributed by atoms with Crippen molar-refractivity contribution in [2.24, 2.45) is 0 Å². The molecule has 4 aromatic carbocycles. The molecule has 234 valence electrons. The van der Waals surface area contributed by atoms with E-state index in [1.165, 1.54) is 0 Å². The van der Waals surface area contributed by atoms with E-state index >= 15 is 0 Å². The van der Waals surface area contributed by atoms with Crippen LogP contribution in [0.1, 0.15) is 23.5 Å². The minimum Gasteiger partial charge on any atom is -0.496 e. The van der Waals surface area contributed by atoms with E-state index in [1.807, 2.05) is 66.7 Å². The van der Waals surface area contributed by atoms with Crippen LogP contribution >= 0.6 is 11.6 Å². The number of hydrogen-bond acceptors (Lipinski definition) is 8. The summed E-state index contributed by atoms with van der Waals surface area (Å²) in [5.74, 6) is 2.13. The molecule has 8 nitrogen and oxygen atoms in total. The van der Waals surface area contributed by atoms with Gasteiger partial charge in [0.05, 0.1) is 57.4 Å². The van der Waals surface area contributed by atoms with Crippen molar-refractivity contribution in [3.63, 3.8) is 0 Å². The minimum atomic E-state index is -0.945. The van der Waals surface area contributed by atoms with Crippen LogP contribution in [0.4, 0.5) is 0 Å². The van der Waals surface area contributed by atoms with Crippen LogP contribution < -0.4 is 19.5 Å².